The molecule has 0 radical (unpaired) electrons. The van der Waals surface area contributed by atoms with Gasteiger partial charge in [0.15, 0.2) is 5.82 Å². The Balaban J connectivity index is 1.19. The Bertz CT molecular complexity index is 1040. The van der Waals surface area contributed by atoms with Crippen LogP contribution in [0.5, 0.6) is 0 Å². The molecule has 7 nitrogen and oxygen atoms in total. The summed E-state index contributed by atoms with van der Waals surface area (Å²) in [5.74, 6) is 1.23. The Morgan fingerprint density at radius 1 is 1.10 bits per heavy atom. The summed E-state index contributed by atoms with van der Waals surface area (Å²) in [6, 6.07) is 8.60. The van der Waals surface area contributed by atoms with Crippen molar-refractivity contribution in [2.24, 2.45) is 5.92 Å². The number of rotatable bonds is 3. The number of para-hydroxylation sites is 2. The number of likely N-dealkylation sites (tertiary alicyclic amines) is 1. The summed E-state index contributed by atoms with van der Waals surface area (Å²) in [4.78, 5) is 29.4. The largest absolute Gasteiger partial charge is 0.342 e. The van der Waals surface area contributed by atoms with Gasteiger partial charge in [0.25, 0.3) is 0 Å². The highest BCUT2D eigenvalue weighted by molar-refractivity contribution is 5.82. The molecule has 0 atom stereocenters. The van der Waals surface area contributed by atoms with Crippen LogP contribution in [0, 0.1) is 18.7 Å². The quantitative estimate of drug-likeness (QED) is 0.683. The molecule has 0 saturated carbocycles. The first-order valence-corrected chi connectivity index (χ1v) is 10.0. The third-order valence-corrected chi connectivity index (χ3v) is 6.03. The molecule has 1 amide bonds. The molecule has 0 aliphatic carbocycles. The van der Waals surface area contributed by atoms with Crippen molar-refractivity contribution in [1.29, 1.82) is 0 Å². The molecule has 2 aromatic heterocycles. The maximum atomic E-state index is 13.0. The van der Waals surface area contributed by atoms with Gasteiger partial charge in [-0.25, -0.2) is 19.3 Å². The highest BCUT2D eigenvalue weighted by atomic mass is 19.1. The number of aryl methyl sites for hydroxylation is 1. The summed E-state index contributed by atoms with van der Waals surface area (Å²) in [6.07, 6.45) is 4.18. The number of fused-ring (bicyclic) bond motifs is 1. The van der Waals surface area contributed by atoms with Crippen LogP contribution in [-0.4, -0.2) is 56.5 Å². The van der Waals surface area contributed by atoms with Crippen molar-refractivity contribution in [3.05, 3.63) is 48.3 Å². The van der Waals surface area contributed by atoms with Crippen LogP contribution < -0.4 is 4.90 Å². The number of nitrogens with zero attached hydrogens (tertiary/aromatic N) is 6. The second kappa shape index (κ2) is 7.09. The molecule has 1 aromatic carbocycles. The van der Waals surface area contributed by atoms with Crippen LogP contribution in [0.2, 0.25) is 0 Å². The van der Waals surface area contributed by atoms with Gasteiger partial charge in [-0.1, -0.05) is 12.1 Å². The van der Waals surface area contributed by atoms with E-state index >= 15 is 0 Å². The molecule has 29 heavy (non-hydrogen) atoms. The first kappa shape index (κ1) is 18.0. The molecule has 0 N–H and O–H groups in total. The molecule has 2 saturated heterocycles. The Labute approximate surface area is 168 Å². The third-order valence-electron chi connectivity index (χ3n) is 6.03. The lowest BCUT2D eigenvalue weighted by molar-refractivity contribution is -0.137. The number of aromatic nitrogens is 4. The average Bonchev–Trinajstić information content (AvgIpc) is 3.04. The van der Waals surface area contributed by atoms with Crippen LogP contribution in [0.15, 0.2) is 36.7 Å². The van der Waals surface area contributed by atoms with Gasteiger partial charge in [-0.3, -0.25) is 4.79 Å². The normalized spacial score (nSPS) is 18.3. The van der Waals surface area contributed by atoms with E-state index in [4.69, 9.17) is 0 Å². The lowest BCUT2D eigenvalue weighted by atomic mass is 9.96. The number of amides is 1. The SMILES string of the molecule is Cc1nc2ccccc2n1C1CCN(C(=O)C2CN(c3ncc(F)cn3)C2)CC1. The van der Waals surface area contributed by atoms with Crippen LogP contribution in [0.1, 0.15) is 24.7 Å². The van der Waals surface area contributed by atoms with Crippen molar-refractivity contribution in [1.82, 2.24) is 24.4 Å². The summed E-state index contributed by atoms with van der Waals surface area (Å²) >= 11 is 0. The number of benzene rings is 1. The minimum Gasteiger partial charge on any atom is -0.342 e. The van der Waals surface area contributed by atoms with E-state index in [0.717, 1.165) is 49.7 Å². The van der Waals surface area contributed by atoms with E-state index in [9.17, 15) is 9.18 Å². The molecular formula is C21H23FN6O. The van der Waals surface area contributed by atoms with Crippen molar-refractivity contribution < 1.29 is 9.18 Å². The molecule has 0 spiro atoms. The molecule has 5 rings (SSSR count). The number of imidazole rings is 1. The van der Waals surface area contributed by atoms with E-state index in [1.165, 1.54) is 5.52 Å². The molecule has 150 valence electrons. The molecular weight excluding hydrogens is 371 g/mol. The van der Waals surface area contributed by atoms with Gasteiger partial charge in [-0.05, 0) is 31.9 Å². The summed E-state index contributed by atoms with van der Waals surface area (Å²) in [6.45, 7) is 4.77. The fourth-order valence-corrected chi connectivity index (χ4v) is 4.50. The van der Waals surface area contributed by atoms with Gasteiger partial charge in [0.1, 0.15) is 5.82 Å². The van der Waals surface area contributed by atoms with Gasteiger partial charge in [0, 0.05) is 32.2 Å². The van der Waals surface area contributed by atoms with Gasteiger partial charge < -0.3 is 14.4 Å². The summed E-state index contributed by atoms with van der Waals surface area (Å²) in [7, 11) is 0. The van der Waals surface area contributed by atoms with Crippen molar-refractivity contribution in [3.63, 3.8) is 0 Å². The average molecular weight is 394 g/mol. The molecule has 0 unspecified atom stereocenters. The standard InChI is InChI=1S/C21H23FN6O/c1-14-25-18-4-2-3-5-19(18)28(14)17-6-8-26(9-7-17)20(29)15-12-27(13-15)21-23-10-16(22)11-24-21/h2-5,10-11,15,17H,6-9,12-13H2,1H3. The Morgan fingerprint density at radius 3 is 2.52 bits per heavy atom. The highest BCUT2D eigenvalue weighted by Gasteiger charge is 2.38. The first-order chi connectivity index (χ1) is 14.1. The van der Waals surface area contributed by atoms with Crippen molar-refractivity contribution in [2.45, 2.75) is 25.8 Å². The van der Waals surface area contributed by atoms with E-state index in [2.05, 4.69) is 32.5 Å². The van der Waals surface area contributed by atoms with Gasteiger partial charge in [0.2, 0.25) is 11.9 Å². The van der Waals surface area contributed by atoms with Crippen LogP contribution in [0.4, 0.5) is 10.3 Å². The van der Waals surface area contributed by atoms with E-state index in [-0.39, 0.29) is 11.8 Å². The maximum absolute atomic E-state index is 13.0. The van der Waals surface area contributed by atoms with Crippen LogP contribution >= 0.6 is 0 Å². The molecule has 4 heterocycles. The van der Waals surface area contributed by atoms with Crippen molar-refractivity contribution in [2.75, 3.05) is 31.1 Å². The Kier molecular flexibility index (Phi) is 4.41. The maximum Gasteiger partial charge on any atom is 0.229 e. The second-order valence-electron chi connectivity index (χ2n) is 7.88. The highest BCUT2D eigenvalue weighted by Crippen LogP contribution is 2.30. The minimum atomic E-state index is -0.453. The molecule has 2 fully saturated rings. The predicted molar refractivity (Wildman–Crippen MR) is 107 cm³/mol. The zero-order valence-corrected chi connectivity index (χ0v) is 16.3. The molecule has 3 aromatic rings. The van der Waals surface area contributed by atoms with Gasteiger partial charge in [0.05, 0.1) is 29.3 Å². The minimum absolute atomic E-state index is 0.0315. The lowest BCUT2D eigenvalue weighted by Crippen LogP contribution is -2.56. The van der Waals surface area contributed by atoms with Crippen LogP contribution in [0.25, 0.3) is 11.0 Å². The fraction of sp³-hybridized carbons (Fsp3) is 0.429. The number of carbonyl (C=O) groups excluding carboxylic acids is 1. The van der Waals surface area contributed by atoms with E-state index < -0.39 is 5.82 Å². The summed E-state index contributed by atoms with van der Waals surface area (Å²) < 4.78 is 15.3. The first-order valence-electron chi connectivity index (χ1n) is 10.0. The molecule has 8 heteroatoms. The number of anilines is 1. The fourth-order valence-electron chi connectivity index (χ4n) is 4.50. The van der Waals surface area contributed by atoms with E-state index in [1.54, 1.807) is 0 Å². The topological polar surface area (TPSA) is 67.2 Å². The zero-order valence-electron chi connectivity index (χ0n) is 16.3. The predicted octanol–water partition coefficient (Wildman–Crippen LogP) is 2.57. The van der Waals surface area contributed by atoms with Crippen molar-refractivity contribution >= 4 is 22.9 Å². The zero-order chi connectivity index (χ0) is 20.0. The summed E-state index contributed by atoms with van der Waals surface area (Å²) in [5, 5.41) is 0. The number of piperidine rings is 1. The molecule has 2 aliphatic heterocycles. The van der Waals surface area contributed by atoms with Crippen LogP contribution in [0.3, 0.4) is 0 Å². The van der Waals surface area contributed by atoms with Crippen molar-refractivity contribution in [3.8, 4) is 0 Å². The Morgan fingerprint density at radius 2 is 1.79 bits per heavy atom. The van der Waals surface area contributed by atoms with E-state index in [0.29, 0.717) is 25.1 Å². The monoisotopic (exact) mass is 394 g/mol. The number of hydrogen-bond acceptors (Lipinski definition) is 5. The smallest absolute Gasteiger partial charge is 0.229 e. The Hall–Kier alpha value is -3.03. The number of carbonyl (C=O) groups is 1. The van der Waals surface area contributed by atoms with Gasteiger partial charge in [-0.2, -0.15) is 0 Å². The summed E-state index contributed by atoms with van der Waals surface area (Å²) in [5.41, 5.74) is 2.20. The third kappa shape index (κ3) is 3.22. The number of halogens is 1. The lowest BCUT2D eigenvalue weighted by Gasteiger charge is -2.42. The molecule has 2 aliphatic rings. The van der Waals surface area contributed by atoms with Gasteiger partial charge in [-0.15, -0.1) is 0 Å². The van der Waals surface area contributed by atoms with E-state index in [1.807, 2.05) is 28.0 Å². The number of hydrogen-bond donors (Lipinski definition) is 0. The van der Waals surface area contributed by atoms with Gasteiger partial charge >= 0.3 is 0 Å². The van der Waals surface area contributed by atoms with Crippen LogP contribution in [-0.2, 0) is 4.79 Å². The molecule has 0 bridgehead atoms. The second-order valence-corrected chi connectivity index (χ2v) is 7.88.